The second-order valence-electron chi connectivity index (χ2n) is 8.50. The van der Waals surface area contributed by atoms with E-state index in [-0.39, 0.29) is 24.4 Å². The van der Waals surface area contributed by atoms with Crippen LogP contribution in [0.25, 0.3) is 0 Å². The highest BCUT2D eigenvalue weighted by molar-refractivity contribution is 5.77. The summed E-state index contributed by atoms with van der Waals surface area (Å²) in [7, 11) is 0. The van der Waals surface area contributed by atoms with E-state index < -0.39 is 0 Å². The van der Waals surface area contributed by atoms with Crippen LogP contribution in [0.4, 0.5) is 4.39 Å². The lowest BCUT2D eigenvalue weighted by Gasteiger charge is -2.41. The lowest BCUT2D eigenvalue weighted by molar-refractivity contribution is -0.135. The Kier molecular flexibility index (Phi) is 7.07. The first-order valence-electron chi connectivity index (χ1n) is 11.2. The van der Waals surface area contributed by atoms with Gasteiger partial charge in [0.15, 0.2) is 18.2 Å². The largest absolute Gasteiger partial charge is 0.487 e. The highest BCUT2D eigenvalue weighted by atomic mass is 19.1. The van der Waals surface area contributed by atoms with Crippen LogP contribution in [0.5, 0.6) is 11.5 Å². The zero-order chi connectivity index (χ0) is 21.6. The molecule has 4 rings (SSSR count). The number of rotatable bonds is 6. The van der Waals surface area contributed by atoms with Crippen LogP contribution in [0.3, 0.4) is 0 Å². The summed E-state index contributed by atoms with van der Waals surface area (Å²) < 4.78 is 25.3. The second-order valence-corrected chi connectivity index (χ2v) is 8.50. The predicted molar refractivity (Wildman–Crippen MR) is 118 cm³/mol. The summed E-state index contributed by atoms with van der Waals surface area (Å²) in [5, 5.41) is 0. The Morgan fingerprint density at radius 3 is 2.32 bits per heavy atom. The van der Waals surface area contributed by atoms with Crippen LogP contribution in [-0.4, -0.2) is 60.6 Å². The second kappa shape index (κ2) is 10.1. The summed E-state index contributed by atoms with van der Waals surface area (Å²) in [6, 6.07) is 14.9. The molecule has 0 unspecified atom stereocenters. The number of likely N-dealkylation sites (tertiary alicyclic amines) is 2. The van der Waals surface area contributed by atoms with Crippen LogP contribution < -0.4 is 9.47 Å². The zero-order valence-electron chi connectivity index (χ0n) is 18.1. The van der Waals surface area contributed by atoms with Gasteiger partial charge in [-0.3, -0.25) is 9.69 Å². The van der Waals surface area contributed by atoms with Gasteiger partial charge in [0.05, 0.1) is 0 Å². The third-order valence-corrected chi connectivity index (χ3v) is 6.32. The van der Waals surface area contributed by atoms with Crippen molar-refractivity contribution in [1.82, 2.24) is 9.80 Å². The normalized spacial score (nSPS) is 18.7. The molecule has 2 aromatic carbocycles. The number of carbonyl (C=O) groups is 1. The van der Waals surface area contributed by atoms with E-state index in [0.29, 0.717) is 11.8 Å². The number of amides is 1. The molecule has 0 aliphatic carbocycles. The van der Waals surface area contributed by atoms with Gasteiger partial charge in [-0.2, -0.15) is 0 Å². The van der Waals surface area contributed by atoms with Crippen molar-refractivity contribution in [2.24, 2.45) is 0 Å². The lowest BCUT2D eigenvalue weighted by Crippen LogP contribution is -2.50. The highest BCUT2D eigenvalue weighted by Gasteiger charge is 2.30. The molecule has 2 saturated heterocycles. The minimum absolute atomic E-state index is 0.0519. The van der Waals surface area contributed by atoms with Gasteiger partial charge in [-0.15, -0.1) is 0 Å². The first kappa shape index (κ1) is 21.6. The minimum Gasteiger partial charge on any atom is -0.487 e. The molecule has 5 nitrogen and oxygen atoms in total. The van der Waals surface area contributed by atoms with Crippen LogP contribution in [-0.2, 0) is 4.79 Å². The fourth-order valence-electron chi connectivity index (χ4n) is 4.43. The summed E-state index contributed by atoms with van der Waals surface area (Å²) in [6.45, 7) is 5.56. The van der Waals surface area contributed by atoms with Crippen molar-refractivity contribution in [1.29, 1.82) is 0 Å². The van der Waals surface area contributed by atoms with Crippen LogP contribution >= 0.6 is 0 Å². The van der Waals surface area contributed by atoms with Crippen LogP contribution in [0.2, 0.25) is 0 Å². The van der Waals surface area contributed by atoms with Crippen LogP contribution in [0.15, 0.2) is 48.5 Å². The minimum atomic E-state index is -0.298. The zero-order valence-corrected chi connectivity index (χ0v) is 18.1. The Labute approximate surface area is 183 Å². The number of piperidine rings is 2. The molecule has 0 spiro atoms. The van der Waals surface area contributed by atoms with Gasteiger partial charge < -0.3 is 14.4 Å². The average molecular weight is 427 g/mol. The Hall–Kier alpha value is -2.60. The molecule has 31 heavy (non-hydrogen) atoms. The van der Waals surface area contributed by atoms with E-state index in [1.165, 1.54) is 11.6 Å². The monoisotopic (exact) mass is 426 g/mol. The number of aryl methyl sites for hydroxylation is 1. The first-order valence-corrected chi connectivity index (χ1v) is 11.2. The SMILES string of the molecule is Cc1ccc(OCC(=O)N2CCC(N3CCC(Oc4ccccc4F)CC3)CC2)cc1. The highest BCUT2D eigenvalue weighted by Crippen LogP contribution is 2.25. The maximum absolute atomic E-state index is 13.8. The number of carbonyl (C=O) groups excluding carboxylic acids is 1. The molecule has 0 radical (unpaired) electrons. The van der Waals surface area contributed by atoms with Gasteiger partial charge in [0, 0.05) is 32.2 Å². The Balaban J connectivity index is 1.17. The summed E-state index contributed by atoms with van der Waals surface area (Å²) >= 11 is 0. The topological polar surface area (TPSA) is 42.0 Å². The van der Waals surface area contributed by atoms with E-state index in [2.05, 4.69) is 4.90 Å². The number of halogens is 1. The van der Waals surface area contributed by atoms with Crippen molar-refractivity contribution in [3.8, 4) is 11.5 Å². The summed E-state index contributed by atoms with van der Waals surface area (Å²) in [5.74, 6) is 0.833. The third kappa shape index (κ3) is 5.76. The number of nitrogens with zero attached hydrogens (tertiary/aromatic N) is 2. The van der Waals surface area contributed by atoms with E-state index in [1.807, 2.05) is 36.1 Å². The Morgan fingerprint density at radius 1 is 0.968 bits per heavy atom. The Bertz CT molecular complexity index is 857. The average Bonchev–Trinajstić information content (AvgIpc) is 2.81. The van der Waals surface area contributed by atoms with Gasteiger partial charge in [0.25, 0.3) is 5.91 Å². The first-order chi connectivity index (χ1) is 15.1. The third-order valence-electron chi connectivity index (χ3n) is 6.32. The molecule has 0 bridgehead atoms. The van der Waals surface area contributed by atoms with E-state index in [4.69, 9.17) is 9.47 Å². The molecule has 1 amide bonds. The van der Waals surface area contributed by atoms with Gasteiger partial charge in [-0.05, 0) is 56.9 Å². The Morgan fingerprint density at radius 2 is 1.65 bits per heavy atom. The molecule has 0 saturated carbocycles. The van der Waals surface area contributed by atoms with Crippen molar-refractivity contribution < 1.29 is 18.7 Å². The number of hydrogen-bond acceptors (Lipinski definition) is 4. The van der Waals surface area contributed by atoms with Crippen molar-refractivity contribution in [2.75, 3.05) is 32.8 Å². The van der Waals surface area contributed by atoms with E-state index in [0.717, 1.165) is 57.6 Å². The van der Waals surface area contributed by atoms with Gasteiger partial charge in [-0.25, -0.2) is 4.39 Å². The molecule has 2 aliphatic rings. The number of ether oxygens (including phenoxy) is 2. The fraction of sp³-hybridized carbons (Fsp3) is 0.480. The van der Waals surface area contributed by atoms with Crippen LogP contribution in [0.1, 0.15) is 31.2 Å². The van der Waals surface area contributed by atoms with Crippen molar-refractivity contribution in [3.63, 3.8) is 0 Å². The molecule has 2 heterocycles. The van der Waals surface area contributed by atoms with E-state index in [1.54, 1.807) is 18.2 Å². The van der Waals surface area contributed by atoms with Crippen molar-refractivity contribution in [3.05, 3.63) is 59.9 Å². The molecule has 0 atom stereocenters. The van der Waals surface area contributed by atoms with Gasteiger partial charge in [0.1, 0.15) is 11.9 Å². The van der Waals surface area contributed by atoms with E-state index >= 15 is 0 Å². The van der Waals surface area contributed by atoms with Gasteiger partial charge >= 0.3 is 0 Å². The lowest BCUT2D eigenvalue weighted by atomic mass is 9.99. The number of hydrogen-bond donors (Lipinski definition) is 0. The number of para-hydroxylation sites is 1. The molecule has 6 heteroatoms. The summed E-state index contributed by atoms with van der Waals surface area (Å²) in [5.41, 5.74) is 1.17. The maximum atomic E-state index is 13.8. The van der Waals surface area contributed by atoms with Gasteiger partial charge in [-0.1, -0.05) is 29.8 Å². The van der Waals surface area contributed by atoms with Gasteiger partial charge in [0.2, 0.25) is 0 Å². The quantitative estimate of drug-likeness (QED) is 0.699. The summed E-state index contributed by atoms with van der Waals surface area (Å²) in [6.07, 6.45) is 3.83. The van der Waals surface area contributed by atoms with Crippen molar-refractivity contribution >= 4 is 5.91 Å². The maximum Gasteiger partial charge on any atom is 0.260 e. The standard InChI is InChI=1S/C25H31FN2O3/c1-19-6-8-21(9-7-19)30-18-25(29)28-14-10-20(11-15-28)27-16-12-22(13-17-27)31-24-5-3-2-4-23(24)26/h2-9,20,22H,10-18H2,1H3. The molecule has 0 N–H and O–H groups in total. The predicted octanol–water partition coefficient (Wildman–Crippen LogP) is 4.05. The summed E-state index contributed by atoms with van der Waals surface area (Å²) in [4.78, 5) is 16.9. The molecular weight excluding hydrogens is 395 g/mol. The molecule has 2 fully saturated rings. The smallest absolute Gasteiger partial charge is 0.260 e. The molecule has 2 aliphatic heterocycles. The van der Waals surface area contributed by atoms with Crippen LogP contribution in [0, 0.1) is 12.7 Å². The molecule has 166 valence electrons. The number of benzene rings is 2. The molecule has 2 aromatic rings. The molecule has 0 aromatic heterocycles. The van der Waals surface area contributed by atoms with E-state index in [9.17, 15) is 9.18 Å². The molecular formula is C25H31FN2O3. The fourth-order valence-corrected chi connectivity index (χ4v) is 4.43. The van der Waals surface area contributed by atoms with Crippen molar-refractivity contribution in [2.45, 2.75) is 44.8 Å².